The number of rotatable bonds is 7. The molecule has 1 aromatic carbocycles. The molecule has 2 N–H and O–H groups in total. The molecular weight excluding hydrogens is 399 g/mol. The Kier molecular flexibility index (Phi) is 6.06. The average Bonchev–Trinajstić information content (AvgIpc) is 2.72. The smallest absolute Gasteiger partial charge is 0.253 e. The van der Waals surface area contributed by atoms with Crippen molar-refractivity contribution in [3.63, 3.8) is 0 Å². The number of pyridine rings is 1. The number of aromatic amines is 1. The van der Waals surface area contributed by atoms with Gasteiger partial charge in [-0.15, -0.1) is 0 Å². The van der Waals surface area contributed by atoms with Gasteiger partial charge in [0.15, 0.2) is 0 Å². The Morgan fingerprint density at radius 2 is 2.03 bits per heavy atom. The minimum absolute atomic E-state index is 0.213. The minimum atomic E-state index is -0.501. The summed E-state index contributed by atoms with van der Waals surface area (Å²) in [6.07, 6.45) is 4.87. The van der Waals surface area contributed by atoms with Crippen LogP contribution < -0.4 is 15.6 Å². The number of halogens is 1. The number of carbonyl (C=O) groups excluding carboxylic acids is 1. The maximum Gasteiger partial charge on any atom is 0.253 e. The zero-order chi connectivity index (χ0) is 21.8. The van der Waals surface area contributed by atoms with E-state index in [0.717, 1.165) is 19.3 Å². The summed E-state index contributed by atoms with van der Waals surface area (Å²) in [6, 6.07) is 10.1. The molecule has 1 aliphatic rings. The molecule has 2 aromatic heterocycles. The predicted octanol–water partition coefficient (Wildman–Crippen LogP) is 3.29. The number of aromatic nitrogens is 3. The van der Waals surface area contributed by atoms with Crippen LogP contribution in [0.2, 0.25) is 0 Å². The van der Waals surface area contributed by atoms with Gasteiger partial charge in [-0.2, -0.15) is 0 Å². The number of nitrogens with one attached hydrogen (secondary N) is 2. The fraction of sp³-hybridized carbons (Fsp3) is 0.304. The van der Waals surface area contributed by atoms with Crippen LogP contribution in [0.1, 0.15) is 58.7 Å². The molecule has 4 rings (SSSR count). The lowest BCUT2D eigenvalue weighted by Crippen LogP contribution is -2.31. The summed E-state index contributed by atoms with van der Waals surface area (Å²) in [6.45, 7) is 0. The second-order valence-electron chi connectivity index (χ2n) is 7.62. The van der Waals surface area contributed by atoms with Gasteiger partial charge in [0, 0.05) is 30.7 Å². The molecule has 0 radical (unpaired) electrons. The number of ether oxygens (including phenoxy) is 1. The van der Waals surface area contributed by atoms with Crippen LogP contribution in [0.4, 0.5) is 4.39 Å². The molecule has 1 atom stereocenters. The normalized spacial score (nSPS) is 14.5. The number of carbonyl (C=O) groups is 1. The highest BCUT2D eigenvalue weighted by molar-refractivity contribution is 5.94. The third-order valence-electron chi connectivity index (χ3n) is 5.50. The van der Waals surface area contributed by atoms with E-state index in [1.807, 2.05) is 0 Å². The van der Waals surface area contributed by atoms with E-state index in [9.17, 15) is 14.0 Å². The Hall–Kier alpha value is -3.55. The van der Waals surface area contributed by atoms with E-state index in [1.165, 1.54) is 31.5 Å². The van der Waals surface area contributed by atoms with Crippen LogP contribution in [0.25, 0.3) is 0 Å². The third kappa shape index (κ3) is 4.96. The number of H-pyrrole nitrogens is 1. The van der Waals surface area contributed by atoms with Gasteiger partial charge in [-0.05, 0) is 36.6 Å². The molecule has 1 fully saturated rings. The van der Waals surface area contributed by atoms with Crippen LogP contribution in [0.15, 0.2) is 53.5 Å². The zero-order valence-electron chi connectivity index (χ0n) is 17.1. The lowest BCUT2D eigenvalue weighted by molar-refractivity contribution is 0.0936. The lowest BCUT2D eigenvalue weighted by atomic mass is 9.85. The average molecular weight is 422 g/mol. The molecule has 7 nitrogen and oxygen atoms in total. The highest BCUT2D eigenvalue weighted by Gasteiger charge is 2.23. The first-order chi connectivity index (χ1) is 15.0. The van der Waals surface area contributed by atoms with E-state index in [-0.39, 0.29) is 23.2 Å². The van der Waals surface area contributed by atoms with Crippen molar-refractivity contribution < 1.29 is 13.9 Å². The van der Waals surface area contributed by atoms with E-state index in [4.69, 9.17) is 4.74 Å². The maximum atomic E-state index is 13.5. The Balaban J connectivity index is 1.60. The first-order valence-corrected chi connectivity index (χ1v) is 10.2. The third-order valence-corrected chi connectivity index (χ3v) is 5.50. The van der Waals surface area contributed by atoms with Gasteiger partial charge in [-0.1, -0.05) is 18.6 Å². The summed E-state index contributed by atoms with van der Waals surface area (Å²) in [4.78, 5) is 36.5. The molecule has 1 aliphatic carbocycles. The molecule has 2 heterocycles. The van der Waals surface area contributed by atoms with Crippen LogP contribution in [-0.2, 0) is 6.42 Å². The van der Waals surface area contributed by atoms with Gasteiger partial charge in [0.2, 0.25) is 5.88 Å². The topological polar surface area (TPSA) is 97.0 Å². The SMILES string of the molecule is COc1ccc(C(=O)N[C@@H](Cc2cc(=O)[nH]c(C3CCC3)n2)c2ccc(F)cc2)cn1. The largest absolute Gasteiger partial charge is 0.481 e. The standard InChI is InChI=1S/C23H23FN4O3/c1-31-21-10-7-16(13-25-21)23(30)27-19(14-5-8-17(24)9-6-14)11-18-12-20(29)28-22(26-18)15-3-2-4-15/h5-10,12-13,15,19H,2-4,11H2,1H3,(H,27,30)(H,26,28,29)/t19-/m0/s1. The Morgan fingerprint density at radius 3 is 2.65 bits per heavy atom. The van der Waals surface area contributed by atoms with E-state index in [2.05, 4.69) is 20.3 Å². The van der Waals surface area contributed by atoms with E-state index >= 15 is 0 Å². The van der Waals surface area contributed by atoms with Crippen molar-refractivity contribution in [3.05, 3.63) is 87.5 Å². The zero-order valence-corrected chi connectivity index (χ0v) is 17.1. The molecule has 3 aromatic rings. The second kappa shape index (κ2) is 9.07. The van der Waals surface area contributed by atoms with Crippen LogP contribution in [-0.4, -0.2) is 28.0 Å². The Morgan fingerprint density at radius 1 is 1.26 bits per heavy atom. The van der Waals surface area contributed by atoms with Crippen molar-refractivity contribution in [2.75, 3.05) is 7.11 Å². The lowest BCUT2D eigenvalue weighted by Gasteiger charge is -2.25. The number of methoxy groups -OCH3 is 1. The van der Waals surface area contributed by atoms with E-state index in [1.54, 1.807) is 24.3 Å². The molecule has 31 heavy (non-hydrogen) atoms. The summed E-state index contributed by atoms with van der Waals surface area (Å²) in [7, 11) is 1.50. The number of nitrogens with zero attached hydrogens (tertiary/aromatic N) is 2. The van der Waals surface area contributed by atoms with Gasteiger partial charge in [0.25, 0.3) is 11.5 Å². The van der Waals surface area contributed by atoms with Gasteiger partial charge in [0.05, 0.1) is 24.4 Å². The fourth-order valence-corrected chi connectivity index (χ4v) is 3.54. The Bertz CT molecular complexity index is 1110. The number of benzene rings is 1. The molecule has 0 aliphatic heterocycles. The molecule has 1 amide bonds. The van der Waals surface area contributed by atoms with Gasteiger partial charge in [0.1, 0.15) is 11.6 Å². The highest BCUT2D eigenvalue weighted by Crippen LogP contribution is 2.34. The van der Waals surface area contributed by atoms with Crippen LogP contribution in [0.5, 0.6) is 5.88 Å². The summed E-state index contributed by atoms with van der Waals surface area (Å²) in [5.41, 5.74) is 1.44. The molecule has 1 saturated carbocycles. The van der Waals surface area contributed by atoms with Crippen LogP contribution in [0, 0.1) is 5.82 Å². The van der Waals surface area contributed by atoms with E-state index < -0.39 is 6.04 Å². The van der Waals surface area contributed by atoms with Gasteiger partial charge < -0.3 is 15.0 Å². The highest BCUT2D eigenvalue weighted by atomic mass is 19.1. The van der Waals surface area contributed by atoms with Crippen molar-refractivity contribution in [1.29, 1.82) is 0 Å². The predicted molar refractivity (Wildman–Crippen MR) is 113 cm³/mol. The van der Waals surface area contributed by atoms with Crippen molar-refractivity contribution in [3.8, 4) is 5.88 Å². The van der Waals surface area contributed by atoms with Crippen molar-refractivity contribution >= 4 is 5.91 Å². The molecule has 8 heteroatoms. The summed E-state index contributed by atoms with van der Waals surface area (Å²) in [5, 5.41) is 2.96. The van der Waals surface area contributed by atoms with Gasteiger partial charge in [-0.3, -0.25) is 9.59 Å². The monoisotopic (exact) mass is 422 g/mol. The van der Waals surface area contributed by atoms with Crippen LogP contribution in [0.3, 0.4) is 0 Å². The first kappa shape index (κ1) is 20.7. The van der Waals surface area contributed by atoms with Gasteiger partial charge in [-0.25, -0.2) is 14.4 Å². The summed E-state index contributed by atoms with van der Waals surface area (Å²) >= 11 is 0. The molecule has 160 valence electrons. The minimum Gasteiger partial charge on any atom is -0.481 e. The maximum absolute atomic E-state index is 13.5. The van der Waals surface area contributed by atoms with Crippen molar-refractivity contribution in [2.24, 2.45) is 0 Å². The number of hydrogen-bond acceptors (Lipinski definition) is 5. The summed E-state index contributed by atoms with van der Waals surface area (Å²) < 4.78 is 18.5. The van der Waals surface area contributed by atoms with Crippen molar-refractivity contribution in [2.45, 2.75) is 37.6 Å². The molecule has 0 bridgehead atoms. The first-order valence-electron chi connectivity index (χ1n) is 10.2. The molecule has 0 saturated heterocycles. The number of hydrogen-bond donors (Lipinski definition) is 2. The van der Waals surface area contributed by atoms with Crippen LogP contribution >= 0.6 is 0 Å². The van der Waals surface area contributed by atoms with Crippen molar-refractivity contribution in [1.82, 2.24) is 20.3 Å². The molecule has 0 unspecified atom stereocenters. The molecular formula is C23H23FN4O3. The Labute approximate surface area is 178 Å². The van der Waals surface area contributed by atoms with E-state index in [0.29, 0.717) is 34.9 Å². The quantitative estimate of drug-likeness (QED) is 0.609. The number of amides is 1. The summed E-state index contributed by atoms with van der Waals surface area (Å²) in [5.74, 6) is 0.667. The van der Waals surface area contributed by atoms with Gasteiger partial charge >= 0.3 is 0 Å². The second-order valence-corrected chi connectivity index (χ2v) is 7.62. The molecule has 0 spiro atoms. The fourth-order valence-electron chi connectivity index (χ4n) is 3.54.